The quantitative estimate of drug-likeness (QED) is 0.0973. The number of carbonyl (C=O) groups excluding carboxylic acids is 2. The average molecular weight is 559 g/mol. The number of carbonyl (C=O) groups is 2. The Hall–Kier alpha value is -4.40. The van der Waals surface area contributed by atoms with Crippen LogP contribution in [0, 0.1) is 0 Å². The molecule has 0 radical (unpaired) electrons. The van der Waals surface area contributed by atoms with Crippen molar-refractivity contribution in [2.24, 2.45) is 5.10 Å². The summed E-state index contributed by atoms with van der Waals surface area (Å²) >= 11 is 7.68. The van der Waals surface area contributed by atoms with E-state index in [0.717, 1.165) is 20.9 Å². The number of methoxy groups -OCH3 is 1. The molecule has 196 valence electrons. The van der Waals surface area contributed by atoms with E-state index < -0.39 is 18.0 Å². The number of hydrogen-bond acceptors (Lipinski definition) is 7. The molecule has 9 heteroatoms. The average Bonchev–Trinajstić information content (AvgIpc) is 3.30. The number of amides is 1. The molecule has 0 aliphatic carbocycles. The summed E-state index contributed by atoms with van der Waals surface area (Å²) < 4.78 is 17.8. The Morgan fingerprint density at radius 2 is 1.67 bits per heavy atom. The Balaban J connectivity index is 1.23. The number of nitrogens with one attached hydrogen (secondary N) is 1. The molecule has 5 aromatic rings. The molecular weight excluding hydrogens is 536 g/mol. The second-order valence-electron chi connectivity index (χ2n) is 8.51. The molecule has 1 atom stereocenters. The number of esters is 1. The maximum Gasteiger partial charge on any atom is 0.355 e. The third-order valence-corrected chi connectivity index (χ3v) is 7.58. The van der Waals surface area contributed by atoms with Crippen LogP contribution in [0.25, 0.3) is 20.9 Å². The van der Waals surface area contributed by atoms with Crippen LogP contribution in [-0.4, -0.2) is 31.3 Å². The van der Waals surface area contributed by atoms with Gasteiger partial charge >= 0.3 is 5.97 Å². The lowest BCUT2D eigenvalue weighted by atomic mass is 10.1. The molecule has 1 N–H and O–H groups in total. The highest BCUT2D eigenvalue weighted by Gasteiger charge is 2.20. The molecule has 1 unspecified atom stereocenters. The fourth-order valence-corrected chi connectivity index (χ4v) is 5.33. The minimum absolute atomic E-state index is 0.231. The van der Waals surface area contributed by atoms with E-state index in [1.54, 1.807) is 25.1 Å². The highest BCUT2D eigenvalue weighted by atomic mass is 35.5. The van der Waals surface area contributed by atoms with Crippen molar-refractivity contribution in [3.8, 4) is 17.2 Å². The third-order valence-electron chi connectivity index (χ3n) is 5.92. The van der Waals surface area contributed by atoms with Gasteiger partial charge in [0.05, 0.1) is 18.3 Å². The number of nitrogens with zero attached hydrogens (tertiary/aromatic N) is 1. The molecule has 1 heterocycles. The van der Waals surface area contributed by atoms with E-state index in [4.69, 9.17) is 25.8 Å². The number of fused-ring (bicyclic) bond motifs is 2. The highest BCUT2D eigenvalue weighted by Crippen LogP contribution is 2.37. The lowest BCUT2D eigenvalue weighted by molar-refractivity contribution is -0.127. The summed E-state index contributed by atoms with van der Waals surface area (Å²) in [4.78, 5) is 25.7. The summed E-state index contributed by atoms with van der Waals surface area (Å²) in [6, 6.07) is 25.9. The molecule has 0 saturated heterocycles. The Bertz CT molecular complexity index is 1710. The molecule has 1 aromatic heterocycles. The van der Waals surface area contributed by atoms with Gasteiger partial charge in [-0.3, -0.25) is 4.79 Å². The van der Waals surface area contributed by atoms with E-state index in [1.165, 1.54) is 24.7 Å². The van der Waals surface area contributed by atoms with E-state index in [-0.39, 0.29) is 5.75 Å². The van der Waals surface area contributed by atoms with Crippen LogP contribution in [0.1, 0.15) is 22.2 Å². The van der Waals surface area contributed by atoms with E-state index in [0.29, 0.717) is 27.0 Å². The van der Waals surface area contributed by atoms with Gasteiger partial charge in [-0.1, -0.05) is 66.2 Å². The van der Waals surface area contributed by atoms with Gasteiger partial charge in [-0.05, 0) is 48.2 Å². The van der Waals surface area contributed by atoms with Crippen LogP contribution in [0.3, 0.4) is 0 Å². The number of ether oxygens (including phenoxy) is 3. The van der Waals surface area contributed by atoms with Gasteiger partial charge < -0.3 is 14.2 Å². The van der Waals surface area contributed by atoms with Crippen molar-refractivity contribution in [3.05, 3.63) is 100 Å². The summed E-state index contributed by atoms with van der Waals surface area (Å²) in [6.07, 6.45) is 0.685. The maximum absolute atomic E-state index is 12.8. The first-order valence-electron chi connectivity index (χ1n) is 12.0. The minimum atomic E-state index is -0.773. The summed E-state index contributed by atoms with van der Waals surface area (Å²) in [5, 5.41) is 7.14. The predicted molar refractivity (Wildman–Crippen MR) is 155 cm³/mol. The number of hydrogen-bond donors (Lipinski definition) is 1. The van der Waals surface area contributed by atoms with Crippen LogP contribution in [0.2, 0.25) is 5.02 Å². The van der Waals surface area contributed by atoms with Crippen LogP contribution in [0.5, 0.6) is 17.2 Å². The molecule has 0 aliphatic rings. The maximum atomic E-state index is 12.8. The first kappa shape index (κ1) is 26.2. The van der Waals surface area contributed by atoms with E-state index in [2.05, 4.69) is 10.5 Å². The normalized spacial score (nSPS) is 12.0. The molecule has 39 heavy (non-hydrogen) atoms. The van der Waals surface area contributed by atoms with Crippen molar-refractivity contribution in [3.63, 3.8) is 0 Å². The van der Waals surface area contributed by atoms with Crippen molar-refractivity contribution in [2.45, 2.75) is 13.0 Å². The van der Waals surface area contributed by atoms with E-state index >= 15 is 0 Å². The van der Waals surface area contributed by atoms with Gasteiger partial charge in [0.15, 0.2) is 17.6 Å². The molecule has 0 aliphatic heterocycles. The smallest absolute Gasteiger partial charge is 0.355 e. The number of halogens is 1. The molecule has 7 nitrogen and oxygen atoms in total. The largest absolute Gasteiger partial charge is 0.493 e. The molecule has 0 saturated carbocycles. The third kappa shape index (κ3) is 5.72. The summed E-state index contributed by atoms with van der Waals surface area (Å²) in [7, 11) is 1.47. The van der Waals surface area contributed by atoms with Crippen LogP contribution in [0.4, 0.5) is 0 Å². The van der Waals surface area contributed by atoms with Crippen LogP contribution >= 0.6 is 22.9 Å². The number of rotatable bonds is 8. The zero-order valence-corrected chi connectivity index (χ0v) is 22.6. The highest BCUT2D eigenvalue weighted by molar-refractivity contribution is 7.21. The van der Waals surface area contributed by atoms with Gasteiger partial charge in [0, 0.05) is 15.5 Å². The van der Waals surface area contributed by atoms with Gasteiger partial charge in [-0.2, -0.15) is 5.10 Å². The fraction of sp³-hybridized carbons (Fsp3) is 0.100. The Kier molecular flexibility index (Phi) is 7.76. The van der Waals surface area contributed by atoms with Crippen molar-refractivity contribution < 1.29 is 23.8 Å². The Morgan fingerprint density at radius 3 is 2.46 bits per heavy atom. The van der Waals surface area contributed by atoms with E-state index in [9.17, 15) is 9.59 Å². The SMILES string of the molecule is COc1cc(/C=N/NC(=O)C(C)Oc2cccc3ccccc23)ccc1OC(=O)c1sc2ccccc2c1Cl. The zero-order valence-electron chi connectivity index (χ0n) is 21.0. The standard InChI is InChI=1S/C30H23ClN2O5S/c1-18(37-23-12-7-9-20-8-3-4-10-21(20)23)29(34)33-32-17-19-14-15-24(25(16-19)36-2)38-30(35)28-27(31)22-11-5-6-13-26(22)39-28/h3-18H,1-2H3,(H,33,34)/b32-17+. The zero-order chi connectivity index (χ0) is 27.4. The first-order valence-corrected chi connectivity index (χ1v) is 13.2. The van der Waals surface area contributed by atoms with Gasteiger partial charge in [-0.15, -0.1) is 11.3 Å². The first-order chi connectivity index (χ1) is 18.9. The molecular formula is C30H23ClN2O5S. The van der Waals surface area contributed by atoms with Crippen LogP contribution in [-0.2, 0) is 4.79 Å². The fourth-order valence-electron chi connectivity index (χ4n) is 3.94. The van der Waals surface area contributed by atoms with Crippen molar-refractivity contribution in [1.29, 1.82) is 0 Å². The van der Waals surface area contributed by atoms with Gasteiger partial charge in [-0.25, -0.2) is 10.2 Å². The number of hydrazone groups is 1. The van der Waals surface area contributed by atoms with Crippen molar-refractivity contribution >= 4 is 61.9 Å². The Labute approximate surface area is 233 Å². The summed E-state index contributed by atoms with van der Waals surface area (Å²) in [6.45, 7) is 1.65. The Morgan fingerprint density at radius 1 is 0.923 bits per heavy atom. The lowest BCUT2D eigenvalue weighted by Crippen LogP contribution is -2.33. The molecule has 5 rings (SSSR count). The van der Waals surface area contributed by atoms with Crippen molar-refractivity contribution in [2.75, 3.05) is 7.11 Å². The van der Waals surface area contributed by atoms with Gasteiger partial charge in [0.2, 0.25) is 0 Å². The molecule has 0 bridgehead atoms. The van der Waals surface area contributed by atoms with Gasteiger partial charge in [0.1, 0.15) is 10.6 Å². The lowest BCUT2D eigenvalue weighted by Gasteiger charge is -2.14. The van der Waals surface area contributed by atoms with Crippen molar-refractivity contribution in [1.82, 2.24) is 5.43 Å². The number of thiophene rings is 1. The minimum Gasteiger partial charge on any atom is -0.493 e. The molecule has 1 amide bonds. The van der Waals surface area contributed by atoms with E-state index in [1.807, 2.05) is 66.7 Å². The van der Waals surface area contributed by atoms with Gasteiger partial charge in [0.25, 0.3) is 5.91 Å². The molecule has 4 aromatic carbocycles. The number of benzene rings is 4. The predicted octanol–water partition coefficient (Wildman–Crippen LogP) is 6.85. The molecule has 0 spiro atoms. The second-order valence-corrected chi connectivity index (χ2v) is 9.94. The second kappa shape index (κ2) is 11.6. The summed E-state index contributed by atoms with van der Waals surface area (Å²) in [5.74, 6) is 0.189. The topological polar surface area (TPSA) is 86.2 Å². The van der Waals surface area contributed by atoms with Crippen LogP contribution < -0.4 is 19.6 Å². The summed E-state index contributed by atoms with van der Waals surface area (Å²) in [5.41, 5.74) is 3.11. The molecule has 0 fully saturated rings. The monoisotopic (exact) mass is 558 g/mol. The van der Waals surface area contributed by atoms with Crippen LogP contribution in [0.15, 0.2) is 90.0 Å².